The van der Waals surface area contributed by atoms with Crippen LogP contribution < -0.4 is 9.64 Å². The van der Waals surface area contributed by atoms with Crippen LogP contribution in [0, 0.1) is 0 Å². The summed E-state index contributed by atoms with van der Waals surface area (Å²) in [6.45, 7) is 1.73. The summed E-state index contributed by atoms with van der Waals surface area (Å²) in [7, 11) is 1.73. The molecule has 132 valence electrons. The van der Waals surface area contributed by atoms with Crippen LogP contribution in [0.4, 0.5) is 5.69 Å². The third-order valence-electron chi connectivity index (χ3n) is 4.27. The van der Waals surface area contributed by atoms with Crippen LogP contribution >= 0.6 is 11.3 Å². The molecule has 0 bridgehead atoms. The van der Waals surface area contributed by atoms with Gasteiger partial charge >= 0.3 is 5.97 Å². The molecule has 0 spiro atoms. The van der Waals surface area contributed by atoms with Crippen LogP contribution in [0.3, 0.4) is 0 Å². The Labute approximate surface area is 152 Å². The first-order valence-corrected chi connectivity index (χ1v) is 8.78. The summed E-state index contributed by atoms with van der Waals surface area (Å²) in [6, 6.07) is 5.66. The van der Waals surface area contributed by atoms with Crippen molar-refractivity contribution in [2.75, 3.05) is 11.9 Å². The van der Waals surface area contributed by atoms with Gasteiger partial charge in [0.25, 0.3) is 5.91 Å². The van der Waals surface area contributed by atoms with E-state index >= 15 is 0 Å². The number of rotatable bonds is 3. The van der Waals surface area contributed by atoms with Crippen molar-refractivity contribution < 1.29 is 19.4 Å². The highest BCUT2D eigenvalue weighted by molar-refractivity contribution is 7.15. The molecular formula is C18H15N3O4S. The maximum absolute atomic E-state index is 12.2. The third-order valence-corrected chi connectivity index (χ3v) is 5.11. The average molecular weight is 369 g/mol. The molecule has 8 heteroatoms. The number of aliphatic carboxylic acids is 1. The molecule has 2 aromatic heterocycles. The highest BCUT2D eigenvalue weighted by Gasteiger charge is 2.29. The zero-order valence-corrected chi connectivity index (χ0v) is 14.9. The van der Waals surface area contributed by atoms with Gasteiger partial charge in [-0.15, -0.1) is 11.3 Å². The van der Waals surface area contributed by atoms with Crippen molar-refractivity contribution in [3.05, 3.63) is 41.5 Å². The molecule has 1 aliphatic rings. The molecule has 1 unspecified atom stereocenters. The second-order valence-corrected chi connectivity index (χ2v) is 6.77. The van der Waals surface area contributed by atoms with Gasteiger partial charge in [-0.2, -0.15) is 0 Å². The average Bonchev–Trinajstić information content (AvgIpc) is 3.20. The number of ether oxygens (including phenoxy) is 1. The molecule has 1 aromatic carbocycles. The largest absolute Gasteiger partial charge is 0.479 e. The molecule has 26 heavy (non-hydrogen) atoms. The number of likely N-dealkylation sites (N-methyl/N-ethyl adjacent to an activating group) is 1. The van der Waals surface area contributed by atoms with Crippen LogP contribution in [0.15, 0.2) is 35.9 Å². The lowest BCUT2D eigenvalue weighted by atomic mass is 10.1. The number of imidazole rings is 1. The fourth-order valence-corrected chi connectivity index (χ4v) is 3.86. The number of benzene rings is 1. The van der Waals surface area contributed by atoms with E-state index in [4.69, 9.17) is 9.84 Å². The molecule has 1 N–H and O–H groups in total. The van der Waals surface area contributed by atoms with Crippen LogP contribution in [0.1, 0.15) is 12.6 Å². The molecule has 1 amide bonds. The Balaban J connectivity index is 1.83. The van der Waals surface area contributed by atoms with Crippen LogP contribution in [0.2, 0.25) is 0 Å². The second-order valence-electron chi connectivity index (χ2n) is 5.93. The Hall–Kier alpha value is -3.13. The maximum atomic E-state index is 12.2. The highest BCUT2D eigenvalue weighted by Crippen LogP contribution is 2.38. The van der Waals surface area contributed by atoms with Crippen molar-refractivity contribution in [1.82, 2.24) is 9.38 Å². The summed E-state index contributed by atoms with van der Waals surface area (Å²) in [5.41, 5.74) is 3.13. The molecule has 1 aliphatic heterocycles. The lowest BCUT2D eigenvalue weighted by molar-refractivity contribution is -0.131. The number of nitrogens with zero attached hydrogens (tertiary/aromatic N) is 3. The van der Waals surface area contributed by atoms with Gasteiger partial charge in [-0.25, -0.2) is 9.78 Å². The number of carboxylic acids is 1. The topological polar surface area (TPSA) is 84.1 Å². The highest BCUT2D eigenvalue weighted by atomic mass is 32.1. The van der Waals surface area contributed by atoms with E-state index in [2.05, 4.69) is 4.98 Å². The van der Waals surface area contributed by atoms with Gasteiger partial charge in [-0.1, -0.05) is 0 Å². The first-order valence-electron chi connectivity index (χ1n) is 7.90. The normalized spacial score (nSPS) is 16.9. The standard InChI is InChI=1S/C18H15N3O4S/c1-10-17(24)20(2)13-7-11(3-5-15(13)25-10)14-9-26-18-19-8-12(21(14)18)4-6-16(22)23/h3-10H,1-2H3,(H,22,23)/b6-4+. The second kappa shape index (κ2) is 5.99. The maximum Gasteiger partial charge on any atom is 0.328 e. The van der Waals surface area contributed by atoms with Gasteiger partial charge in [-0.3, -0.25) is 9.20 Å². The van der Waals surface area contributed by atoms with Crippen molar-refractivity contribution >= 4 is 39.9 Å². The molecule has 0 fully saturated rings. The number of fused-ring (bicyclic) bond motifs is 2. The van der Waals surface area contributed by atoms with Crippen LogP contribution in [-0.2, 0) is 9.59 Å². The molecule has 3 aromatic rings. The quantitative estimate of drug-likeness (QED) is 0.718. The number of carbonyl (C=O) groups is 2. The summed E-state index contributed by atoms with van der Waals surface area (Å²) in [6.07, 6.45) is 3.72. The van der Waals surface area contributed by atoms with E-state index in [9.17, 15) is 9.59 Å². The predicted molar refractivity (Wildman–Crippen MR) is 98.7 cm³/mol. The first-order chi connectivity index (χ1) is 12.5. The molecule has 0 aliphatic carbocycles. The Morgan fingerprint density at radius 2 is 2.23 bits per heavy atom. The van der Waals surface area contributed by atoms with E-state index in [1.54, 1.807) is 25.1 Å². The van der Waals surface area contributed by atoms with E-state index in [1.165, 1.54) is 17.4 Å². The van der Waals surface area contributed by atoms with Gasteiger partial charge in [0, 0.05) is 24.1 Å². The Morgan fingerprint density at radius 3 is 3.00 bits per heavy atom. The number of anilines is 1. The monoisotopic (exact) mass is 369 g/mol. The van der Waals surface area contributed by atoms with Crippen molar-refractivity contribution in [2.24, 2.45) is 0 Å². The Morgan fingerprint density at radius 1 is 1.42 bits per heavy atom. The molecule has 0 saturated carbocycles. The smallest absolute Gasteiger partial charge is 0.328 e. The molecule has 0 saturated heterocycles. The summed E-state index contributed by atoms with van der Waals surface area (Å²) in [5.74, 6) is -0.457. The van der Waals surface area contributed by atoms with Gasteiger partial charge in [0.15, 0.2) is 11.1 Å². The summed E-state index contributed by atoms with van der Waals surface area (Å²) in [4.78, 5) is 29.7. The van der Waals surface area contributed by atoms with Crippen LogP contribution in [0.5, 0.6) is 5.75 Å². The minimum Gasteiger partial charge on any atom is -0.479 e. The van der Waals surface area contributed by atoms with Gasteiger partial charge < -0.3 is 14.7 Å². The van der Waals surface area contributed by atoms with Crippen LogP contribution in [-0.4, -0.2) is 39.5 Å². The Kier molecular flexibility index (Phi) is 3.77. The van der Waals surface area contributed by atoms with E-state index in [-0.39, 0.29) is 5.91 Å². The molecular weight excluding hydrogens is 354 g/mol. The van der Waals surface area contributed by atoms with Gasteiger partial charge in [0.05, 0.1) is 23.3 Å². The van der Waals surface area contributed by atoms with Crippen LogP contribution in [0.25, 0.3) is 22.3 Å². The number of carboxylic acid groups (broad SMARTS) is 1. The fraction of sp³-hybridized carbons (Fsp3) is 0.167. The SMILES string of the molecule is CC1Oc2ccc(-c3csc4ncc(/C=C/C(=O)O)n34)cc2N(C)C1=O. The minimum absolute atomic E-state index is 0.0992. The molecule has 4 rings (SSSR count). The van der Waals surface area contributed by atoms with E-state index in [0.29, 0.717) is 17.1 Å². The number of hydrogen-bond acceptors (Lipinski definition) is 5. The predicted octanol–water partition coefficient (Wildman–Crippen LogP) is 2.90. The van der Waals surface area contributed by atoms with Gasteiger partial charge in [0.2, 0.25) is 0 Å². The number of amides is 1. The summed E-state index contributed by atoms with van der Waals surface area (Å²) >= 11 is 1.46. The lowest BCUT2D eigenvalue weighted by Gasteiger charge is -2.30. The van der Waals surface area contributed by atoms with E-state index in [1.807, 2.05) is 28.0 Å². The van der Waals surface area contributed by atoms with Gasteiger partial charge in [0.1, 0.15) is 5.75 Å². The van der Waals surface area contributed by atoms with Crippen molar-refractivity contribution in [3.8, 4) is 17.0 Å². The van der Waals surface area contributed by atoms with E-state index in [0.717, 1.165) is 22.3 Å². The fourth-order valence-electron chi connectivity index (χ4n) is 2.98. The van der Waals surface area contributed by atoms with E-state index < -0.39 is 12.1 Å². The van der Waals surface area contributed by atoms with Crippen molar-refractivity contribution in [3.63, 3.8) is 0 Å². The van der Waals surface area contributed by atoms with Gasteiger partial charge in [-0.05, 0) is 31.2 Å². The molecule has 0 radical (unpaired) electrons. The molecule has 3 heterocycles. The summed E-state index contributed by atoms with van der Waals surface area (Å²) in [5, 5.41) is 10.8. The molecule has 7 nitrogen and oxygen atoms in total. The number of aromatic nitrogens is 2. The lowest BCUT2D eigenvalue weighted by Crippen LogP contribution is -2.41. The first kappa shape index (κ1) is 16.3. The zero-order valence-electron chi connectivity index (χ0n) is 14.0. The number of carbonyl (C=O) groups excluding carboxylic acids is 1. The van der Waals surface area contributed by atoms with Crippen molar-refractivity contribution in [1.29, 1.82) is 0 Å². The summed E-state index contributed by atoms with van der Waals surface area (Å²) < 4.78 is 7.55. The zero-order chi connectivity index (χ0) is 18.4. The molecule has 1 atom stereocenters. The van der Waals surface area contributed by atoms with Crippen molar-refractivity contribution in [2.45, 2.75) is 13.0 Å². The number of hydrogen-bond donors (Lipinski definition) is 1. The number of thiazole rings is 1. The Bertz CT molecular complexity index is 1070. The minimum atomic E-state index is -1.02. The third kappa shape index (κ3) is 2.55.